The Morgan fingerprint density at radius 3 is 2.76 bits per heavy atom. The van der Waals surface area contributed by atoms with Gasteiger partial charge < -0.3 is 19.9 Å². The molecule has 2 saturated heterocycles. The van der Waals surface area contributed by atoms with Crippen LogP contribution in [0, 0.1) is 0 Å². The van der Waals surface area contributed by atoms with E-state index in [0.29, 0.717) is 32.6 Å². The van der Waals surface area contributed by atoms with Gasteiger partial charge in [-0.1, -0.05) is 0 Å². The summed E-state index contributed by atoms with van der Waals surface area (Å²) in [4.78, 5) is 32.1. The maximum Gasteiger partial charge on any atom is 0.422 e. The van der Waals surface area contributed by atoms with Crippen LogP contribution in [0.4, 0.5) is 13.2 Å². The minimum atomic E-state index is -4.52. The highest BCUT2D eigenvalue weighted by Crippen LogP contribution is 2.24. The second-order valence-corrected chi connectivity index (χ2v) is 6.57. The van der Waals surface area contributed by atoms with Gasteiger partial charge in [0.2, 0.25) is 11.8 Å². The molecule has 2 aliphatic heterocycles. The molecule has 1 N–H and O–H groups in total. The number of hydrogen-bond donors (Lipinski definition) is 1. The molecule has 2 aliphatic rings. The third-order valence-electron chi connectivity index (χ3n) is 4.62. The number of halogens is 5. The first-order valence-corrected chi connectivity index (χ1v) is 8.79. The number of pyridine rings is 1. The molecule has 0 aliphatic carbocycles. The molecule has 0 spiro atoms. The fraction of sp³-hybridized carbons (Fsp3) is 0.588. The van der Waals surface area contributed by atoms with Crippen LogP contribution in [0.3, 0.4) is 0 Å². The average Bonchev–Trinajstić information content (AvgIpc) is 2.66. The number of carbonyl (C=O) groups is 2. The van der Waals surface area contributed by atoms with E-state index in [1.54, 1.807) is 9.80 Å². The van der Waals surface area contributed by atoms with E-state index in [0.717, 1.165) is 6.42 Å². The standard InChI is InChI=1S/C17H21F3N4O3.2ClH/c18-17(19,20)11-27-15-13(4-1-5-22-15)16(26)23-7-2-3-12(10-23)24-8-6-21-9-14(24)25;;/h1,4-5,12,21H,2-3,6-11H2;2*1H. The number of rotatable bonds is 4. The molecule has 0 aromatic carbocycles. The zero-order chi connectivity index (χ0) is 19.4. The van der Waals surface area contributed by atoms with E-state index < -0.39 is 18.7 Å². The van der Waals surface area contributed by atoms with Crippen molar-refractivity contribution in [3.63, 3.8) is 0 Å². The maximum atomic E-state index is 12.9. The number of hydrogen-bond acceptors (Lipinski definition) is 5. The van der Waals surface area contributed by atoms with Gasteiger partial charge in [0, 0.05) is 38.4 Å². The van der Waals surface area contributed by atoms with Gasteiger partial charge in [0.05, 0.1) is 6.54 Å². The molecule has 2 fully saturated rings. The number of likely N-dealkylation sites (tertiary alicyclic amines) is 1. The summed E-state index contributed by atoms with van der Waals surface area (Å²) < 4.78 is 42.0. The van der Waals surface area contributed by atoms with Crippen LogP contribution in [0.2, 0.25) is 0 Å². The SMILES string of the molecule is Cl.Cl.O=C(c1cccnc1OCC(F)(F)F)N1CCCC(N2CCNCC2=O)C1. The Morgan fingerprint density at radius 1 is 1.31 bits per heavy atom. The molecule has 1 aromatic heterocycles. The van der Waals surface area contributed by atoms with Gasteiger partial charge in [0.1, 0.15) is 5.56 Å². The fourth-order valence-corrected chi connectivity index (χ4v) is 3.39. The van der Waals surface area contributed by atoms with Crippen LogP contribution in [0.15, 0.2) is 18.3 Å². The molecule has 1 aromatic rings. The number of carbonyl (C=O) groups excluding carboxylic acids is 2. The smallest absolute Gasteiger partial charge is 0.422 e. The molecule has 3 rings (SSSR count). The summed E-state index contributed by atoms with van der Waals surface area (Å²) in [6, 6.07) is 2.80. The molecular weight excluding hydrogens is 436 g/mol. The second-order valence-electron chi connectivity index (χ2n) is 6.57. The minimum absolute atomic E-state index is 0. The summed E-state index contributed by atoms with van der Waals surface area (Å²) in [6.45, 7) is 0.874. The molecule has 7 nitrogen and oxygen atoms in total. The zero-order valence-electron chi connectivity index (χ0n) is 15.5. The summed E-state index contributed by atoms with van der Waals surface area (Å²) in [5.41, 5.74) is -0.00552. The fourth-order valence-electron chi connectivity index (χ4n) is 3.39. The normalized spacial score (nSPS) is 19.8. The molecule has 164 valence electrons. The second kappa shape index (κ2) is 10.8. The third-order valence-corrected chi connectivity index (χ3v) is 4.62. The lowest BCUT2D eigenvalue weighted by molar-refractivity contribution is -0.154. The van der Waals surface area contributed by atoms with Gasteiger partial charge in [-0.3, -0.25) is 9.59 Å². The van der Waals surface area contributed by atoms with Crippen LogP contribution in [-0.2, 0) is 4.79 Å². The van der Waals surface area contributed by atoms with Gasteiger partial charge in [-0.05, 0) is 25.0 Å². The van der Waals surface area contributed by atoms with Crippen LogP contribution >= 0.6 is 24.8 Å². The number of nitrogens with zero attached hydrogens (tertiary/aromatic N) is 3. The van der Waals surface area contributed by atoms with Gasteiger partial charge in [-0.25, -0.2) is 4.98 Å². The van der Waals surface area contributed by atoms with Crippen LogP contribution in [0.1, 0.15) is 23.2 Å². The Hall–Kier alpha value is -1.78. The Kier molecular flexibility index (Phi) is 9.44. The van der Waals surface area contributed by atoms with Gasteiger partial charge in [0.25, 0.3) is 5.91 Å². The van der Waals surface area contributed by atoms with Gasteiger partial charge in [-0.15, -0.1) is 24.8 Å². The largest absolute Gasteiger partial charge is 0.467 e. The number of aromatic nitrogens is 1. The molecule has 0 saturated carbocycles. The molecular formula is C17H23Cl2F3N4O3. The highest BCUT2D eigenvalue weighted by atomic mass is 35.5. The first kappa shape index (κ1) is 25.3. The van der Waals surface area contributed by atoms with Crippen molar-refractivity contribution in [2.24, 2.45) is 0 Å². The first-order chi connectivity index (χ1) is 12.8. The number of alkyl halides is 3. The van der Waals surface area contributed by atoms with Crippen LogP contribution in [0.5, 0.6) is 5.88 Å². The third kappa shape index (κ3) is 6.61. The maximum absolute atomic E-state index is 12.9. The zero-order valence-corrected chi connectivity index (χ0v) is 17.1. The van der Waals surface area contributed by atoms with Crippen molar-refractivity contribution in [2.45, 2.75) is 25.1 Å². The van der Waals surface area contributed by atoms with Crippen molar-refractivity contribution in [3.8, 4) is 5.88 Å². The lowest BCUT2D eigenvalue weighted by Crippen LogP contribution is -2.57. The highest BCUT2D eigenvalue weighted by Gasteiger charge is 2.34. The number of piperidine rings is 1. The summed E-state index contributed by atoms with van der Waals surface area (Å²) >= 11 is 0. The minimum Gasteiger partial charge on any atom is -0.467 e. The van der Waals surface area contributed by atoms with Crippen molar-refractivity contribution >= 4 is 36.6 Å². The quantitative estimate of drug-likeness (QED) is 0.745. The van der Waals surface area contributed by atoms with E-state index in [-0.39, 0.29) is 54.8 Å². The molecule has 1 atom stereocenters. The molecule has 3 heterocycles. The monoisotopic (exact) mass is 458 g/mol. The van der Waals surface area contributed by atoms with Crippen molar-refractivity contribution in [1.29, 1.82) is 0 Å². The molecule has 12 heteroatoms. The van der Waals surface area contributed by atoms with Crippen LogP contribution in [0.25, 0.3) is 0 Å². The van der Waals surface area contributed by atoms with Gasteiger partial charge in [0.15, 0.2) is 6.61 Å². The number of amides is 2. The predicted molar refractivity (Wildman–Crippen MR) is 104 cm³/mol. The Labute approximate surface area is 178 Å². The summed E-state index contributed by atoms with van der Waals surface area (Å²) in [5.74, 6) is -0.774. The molecule has 0 radical (unpaired) electrons. The van der Waals surface area contributed by atoms with Crippen molar-refractivity contribution in [1.82, 2.24) is 20.1 Å². The number of ether oxygens (including phenoxy) is 1. The summed E-state index contributed by atoms with van der Waals surface area (Å²) in [7, 11) is 0. The molecule has 0 bridgehead atoms. The average molecular weight is 459 g/mol. The highest BCUT2D eigenvalue weighted by molar-refractivity contribution is 5.96. The van der Waals surface area contributed by atoms with E-state index in [1.807, 2.05) is 0 Å². The van der Waals surface area contributed by atoms with Crippen molar-refractivity contribution in [3.05, 3.63) is 23.9 Å². The summed E-state index contributed by atoms with van der Waals surface area (Å²) in [5, 5.41) is 3.01. The van der Waals surface area contributed by atoms with Crippen LogP contribution < -0.4 is 10.1 Å². The lowest BCUT2D eigenvalue weighted by atomic mass is 10.0. The number of nitrogens with one attached hydrogen (secondary N) is 1. The van der Waals surface area contributed by atoms with Crippen molar-refractivity contribution < 1.29 is 27.5 Å². The Bertz CT molecular complexity index is 709. The van der Waals surface area contributed by atoms with E-state index in [4.69, 9.17) is 4.74 Å². The van der Waals surface area contributed by atoms with Gasteiger partial charge in [-0.2, -0.15) is 13.2 Å². The molecule has 2 amide bonds. The van der Waals surface area contributed by atoms with E-state index in [2.05, 4.69) is 10.3 Å². The van der Waals surface area contributed by atoms with E-state index in [9.17, 15) is 22.8 Å². The lowest BCUT2D eigenvalue weighted by Gasteiger charge is -2.41. The molecule has 29 heavy (non-hydrogen) atoms. The van der Waals surface area contributed by atoms with Crippen LogP contribution in [-0.4, -0.2) is 78.1 Å². The Balaban J connectivity index is 0.00000210. The number of piperazine rings is 1. The van der Waals surface area contributed by atoms with E-state index in [1.165, 1.54) is 18.3 Å². The Morgan fingerprint density at radius 2 is 2.07 bits per heavy atom. The van der Waals surface area contributed by atoms with E-state index >= 15 is 0 Å². The van der Waals surface area contributed by atoms with Gasteiger partial charge >= 0.3 is 6.18 Å². The first-order valence-electron chi connectivity index (χ1n) is 8.79. The predicted octanol–water partition coefficient (Wildman–Crippen LogP) is 1.90. The molecule has 1 unspecified atom stereocenters. The summed E-state index contributed by atoms with van der Waals surface area (Å²) in [6.07, 6.45) is -1.73. The topological polar surface area (TPSA) is 74.8 Å². The van der Waals surface area contributed by atoms with Crippen molar-refractivity contribution in [2.75, 3.05) is 39.3 Å².